The van der Waals surface area contributed by atoms with Gasteiger partial charge in [0.15, 0.2) is 6.04 Å². The second-order valence-corrected chi connectivity index (χ2v) is 10.4. The van der Waals surface area contributed by atoms with E-state index in [0.717, 1.165) is 32.1 Å². The second-order valence-electron chi connectivity index (χ2n) is 8.14. The van der Waals surface area contributed by atoms with Gasteiger partial charge in [0, 0.05) is 17.7 Å². The van der Waals surface area contributed by atoms with E-state index >= 15 is 0 Å². The Hall–Kier alpha value is -0.0400. The van der Waals surface area contributed by atoms with Crippen molar-refractivity contribution < 1.29 is 31.4 Å². The molecule has 0 aromatic carbocycles. The van der Waals surface area contributed by atoms with Gasteiger partial charge < -0.3 is 18.1 Å². The molecule has 1 saturated heterocycles. The molecular formula is C16H28Cl2N2O3S. The third kappa shape index (κ3) is 2.68. The number of carbonyl (C=O) groups is 1. The van der Waals surface area contributed by atoms with Crippen LogP contribution in [0.25, 0.3) is 0 Å². The molecule has 0 aromatic heterocycles. The molecule has 0 aromatic rings. The van der Waals surface area contributed by atoms with E-state index in [-0.39, 0.29) is 40.9 Å². The number of fused-ring (bicyclic) bond motifs is 1. The van der Waals surface area contributed by atoms with E-state index in [4.69, 9.17) is 11.6 Å². The first kappa shape index (κ1) is 20.3. The van der Waals surface area contributed by atoms with Gasteiger partial charge in [-0.25, -0.2) is 12.7 Å². The number of hydrogen-bond donors (Lipinski definition) is 1. The normalized spacial score (nSPS) is 36.2. The van der Waals surface area contributed by atoms with Crippen LogP contribution in [-0.2, 0) is 14.8 Å². The van der Waals surface area contributed by atoms with Crippen LogP contribution in [0.2, 0.25) is 0 Å². The first-order chi connectivity index (χ1) is 10.7. The second kappa shape index (κ2) is 6.60. The third-order valence-corrected chi connectivity index (χ3v) is 9.09. The van der Waals surface area contributed by atoms with Crippen molar-refractivity contribution in [2.24, 2.45) is 16.7 Å². The van der Waals surface area contributed by atoms with Gasteiger partial charge in [0.1, 0.15) is 0 Å². The molecule has 3 aliphatic rings. The van der Waals surface area contributed by atoms with Gasteiger partial charge in [0.05, 0.1) is 11.8 Å². The lowest BCUT2D eigenvalue weighted by Gasteiger charge is -2.37. The molecule has 0 radical (unpaired) electrons. The van der Waals surface area contributed by atoms with Crippen LogP contribution in [0, 0.1) is 16.7 Å². The third-order valence-electron chi connectivity index (χ3n) is 6.91. The van der Waals surface area contributed by atoms with Gasteiger partial charge in [-0.05, 0) is 43.4 Å². The largest absolute Gasteiger partial charge is 1.00 e. The minimum Gasteiger partial charge on any atom is -1.00 e. The van der Waals surface area contributed by atoms with E-state index in [1.807, 2.05) is 0 Å². The van der Waals surface area contributed by atoms with Crippen LogP contribution in [0.3, 0.4) is 0 Å². The number of hydrogen-bond acceptors (Lipinski definition) is 3. The SMILES string of the molecule is CC1(C)[C@@H]2CC[C@]13CS(=O)(=O)N([14C](=O)[14C@@H]([NH3+])CCCCCl)[C@@H]3C2.[Cl-]. The van der Waals surface area contributed by atoms with Gasteiger partial charge in [0.25, 0.3) is 5.91 Å². The Kier molecular flexibility index (Phi) is 5.58. The van der Waals surface area contributed by atoms with Gasteiger partial charge in [-0.2, -0.15) is 0 Å². The topological polar surface area (TPSA) is 82.1 Å². The summed E-state index contributed by atoms with van der Waals surface area (Å²) in [7, 11) is -3.52. The average molecular weight is 403 g/mol. The highest BCUT2D eigenvalue weighted by Crippen LogP contribution is 2.69. The van der Waals surface area contributed by atoms with E-state index in [1.54, 1.807) is 0 Å². The lowest BCUT2D eigenvalue weighted by molar-refractivity contribution is -0.406. The Morgan fingerprint density at radius 2 is 2.04 bits per heavy atom. The van der Waals surface area contributed by atoms with Crippen LogP contribution in [0.1, 0.15) is 52.4 Å². The monoisotopic (exact) mass is 402 g/mol. The molecule has 3 fully saturated rings. The van der Waals surface area contributed by atoms with Crippen molar-refractivity contribution in [3.05, 3.63) is 0 Å². The number of nitrogens with zero attached hydrogens (tertiary/aromatic N) is 1. The van der Waals surface area contributed by atoms with Crippen molar-refractivity contribution in [2.45, 2.75) is 64.5 Å². The molecule has 24 heavy (non-hydrogen) atoms. The van der Waals surface area contributed by atoms with Crippen LogP contribution < -0.4 is 18.1 Å². The summed E-state index contributed by atoms with van der Waals surface area (Å²) < 4.78 is 26.8. The van der Waals surface area contributed by atoms with Crippen molar-refractivity contribution in [2.75, 3.05) is 11.6 Å². The summed E-state index contributed by atoms with van der Waals surface area (Å²) >= 11 is 5.67. The summed E-state index contributed by atoms with van der Waals surface area (Å²) in [6.45, 7) is 4.38. The van der Waals surface area contributed by atoms with E-state index in [1.165, 1.54) is 4.31 Å². The van der Waals surface area contributed by atoms with Crippen molar-refractivity contribution >= 4 is 27.5 Å². The van der Waals surface area contributed by atoms with Crippen molar-refractivity contribution in [3.63, 3.8) is 0 Å². The molecule has 1 spiro atoms. The molecule has 140 valence electrons. The zero-order valence-corrected chi connectivity index (χ0v) is 16.8. The van der Waals surface area contributed by atoms with E-state index in [2.05, 4.69) is 19.6 Å². The van der Waals surface area contributed by atoms with Crippen molar-refractivity contribution in [1.29, 1.82) is 0 Å². The van der Waals surface area contributed by atoms with Gasteiger partial charge >= 0.3 is 0 Å². The zero-order chi connectivity index (χ0) is 17.0. The minimum atomic E-state index is -3.52. The quantitative estimate of drug-likeness (QED) is 0.443. The molecule has 3 N–H and O–H groups in total. The number of unbranched alkanes of at least 4 members (excludes halogenated alkanes) is 1. The first-order valence-electron chi connectivity index (χ1n) is 8.62. The Morgan fingerprint density at radius 3 is 2.62 bits per heavy atom. The summed E-state index contributed by atoms with van der Waals surface area (Å²) in [5.74, 6) is 0.918. The summed E-state index contributed by atoms with van der Waals surface area (Å²) in [5.41, 5.74) is 3.68. The highest BCUT2D eigenvalue weighted by Gasteiger charge is 2.72. The van der Waals surface area contributed by atoms with Crippen LogP contribution in [0.15, 0.2) is 0 Å². The number of amides is 1. The van der Waals surface area contributed by atoms with Crippen LogP contribution >= 0.6 is 11.6 Å². The average Bonchev–Trinajstić information content (AvgIpc) is 2.93. The van der Waals surface area contributed by atoms with Crippen molar-refractivity contribution in [1.82, 2.24) is 4.31 Å². The Labute approximate surface area is 156 Å². The van der Waals surface area contributed by atoms with Crippen molar-refractivity contribution in [3.8, 4) is 0 Å². The maximum absolute atomic E-state index is 12.8. The molecule has 2 saturated carbocycles. The van der Waals surface area contributed by atoms with Gasteiger partial charge in [-0.3, -0.25) is 4.79 Å². The fourth-order valence-electron chi connectivity index (χ4n) is 5.37. The molecule has 8 heteroatoms. The van der Waals surface area contributed by atoms with E-state index < -0.39 is 16.1 Å². The Morgan fingerprint density at radius 1 is 1.38 bits per heavy atom. The Bertz CT molecular complexity index is 610. The molecule has 4 atom stereocenters. The summed E-state index contributed by atoms with van der Waals surface area (Å²) in [6.07, 6.45) is 5.07. The van der Waals surface area contributed by atoms with Crippen LogP contribution in [0.5, 0.6) is 0 Å². The smallest absolute Gasteiger partial charge is 0.294 e. The number of carbonyl (C=O) groups excluding carboxylic acids is 1. The molecule has 1 amide bonds. The molecule has 5 nitrogen and oxygen atoms in total. The molecule has 1 heterocycles. The number of sulfonamides is 1. The maximum atomic E-state index is 12.8. The number of rotatable bonds is 5. The molecular weight excluding hydrogens is 375 g/mol. The van der Waals surface area contributed by atoms with Gasteiger partial charge in [0.2, 0.25) is 10.0 Å². The molecule has 2 bridgehead atoms. The minimum absolute atomic E-state index is 0. The summed E-state index contributed by atoms with van der Waals surface area (Å²) in [5, 5.41) is 0. The highest BCUT2D eigenvalue weighted by atomic mass is 35.5. The predicted molar refractivity (Wildman–Crippen MR) is 89.2 cm³/mol. The fourth-order valence-corrected chi connectivity index (χ4v) is 8.15. The van der Waals surface area contributed by atoms with E-state index in [0.29, 0.717) is 18.2 Å². The van der Waals surface area contributed by atoms with Gasteiger partial charge in [-0.15, -0.1) is 11.6 Å². The fraction of sp³-hybridized carbons (Fsp3) is 0.938. The summed E-state index contributed by atoms with van der Waals surface area (Å²) in [4.78, 5) is 12.8. The Balaban J connectivity index is 0.00000208. The maximum Gasteiger partial charge on any atom is 0.294 e. The van der Waals surface area contributed by atoms with Gasteiger partial charge in [-0.1, -0.05) is 13.8 Å². The molecule has 0 unspecified atom stereocenters. The molecule has 2 aliphatic carbocycles. The predicted octanol–water partition coefficient (Wildman–Crippen LogP) is -1.62. The standard InChI is InChI=1S/C16H27ClN2O3S.ClH/c1-15(2)11-6-7-16(15)10-23(21,22)19(13(16)9-11)14(20)12(18)5-3-4-8-17;/h11-13H,3-10,18H2,1-2H3;1H/t11-,12+,13-,16-;/m1./s1/i12+2,14+2;. The van der Waals surface area contributed by atoms with Crippen LogP contribution in [-0.4, -0.2) is 42.3 Å². The number of quaternary nitrogens is 1. The summed E-state index contributed by atoms with van der Waals surface area (Å²) in [6, 6.07) is -0.642. The zero-order valence-electron chi connectivity index (χ0n) is 14.4. The lowest BCUT2D eigenvalue weighted by Crippen LogP contribution is -3.00. The first-order valence-corrected chi connectivity index (χ1v) is 10.8. The number of halogens is 2. The highest BCUT2D eigenvalue weighted by molar-refractivity contribution is 7.90. The number of alkyl halides is 1. The van der Waals surface area contributed by atoms with E-state index in [9.17, 15) is 13.2 Å². The van der Waals surface area contributed by atoms with Crippen LogP contribution in [0.4, 0.5) is 0 Å². The molecule has 1 aliphatic heterocycles. The lowest BCUT2D eigenvalue weighted by atomic mass is 9.69. The molecule has 3 rings (SSSR count).